The Kier molecular flexibility index (Phi) is 3.23. The number of nitrogens with zero attached hydrogens (tertiary/aromatic N) is 1. The Morgan fingerprint density at radius 1 is 1.37 bits per heavy atom. The molecule has 0 bridgehead atoms. The number of aromatic amines is 1. The van der Waals surface area contributed by atoms with Crippen molar-refractivity contribution in [2.75, 3.05) is 20.7 Å². The highest BCUT2D eigenvalue weighted by Crippen LogP contribution is 2.36. The quantitative estimate of drug-likeness (QED) is 0.916. The minimum absolute atomic E-state index is 0.526. The SMILES string of the molecule is CC(Cc1c[nH]c2ccc3c(c12)OCCC3)N(C)C. The van der Waals surface area contributed by atoms with Gasteiger partial charge in [0.15, 0.2) is 0 Å². The van der Waals surface area contributed by atoms with Gasteiger partial charge in [-0.2, -0.15) is 0 Å². The Labute approximate surface area is 114 Å². The minimum Gasteiger partial charge on any atom is -0.493 e. The van der Waals surface area contributed by atoms with E-state index < -0.39 is 0 Å². The molecule has 0 saturated carbocycles. The molecule has 0 spiro atoms. The second-order valence-corrected chi connectivity index (χ2v) is 5.76. The highest BCUT2D eigenvalue weighted by molar-refractivity contribution is 5.90. The van der Waals surface area contributed by atoms with E-state index in [0.29, 0.717) is 6.04 Å². The maximum atomic E-state index is 5.94. The first-order valence-corrected chi connectivity index (χ1v) is 7.08. The second kappa shape index (κ2) is 4.89. The third-order valence-corrected chi connectivity index (χ3v) is 4.20. The Hall–Kier alpha value is -1.48. The van der Waals surface area contributed by atoms with Crippen LogP contribution in [0.3, 0.4) is 0 Å². The van der Waals surface area contributed by atoms with Crippen molar-refractivity contribution in [3.63, 3.8) is 0 Å². The lowest BCUT2D eigenvalue weighted by Crippen LogP contribution is -2.26. The lowest BCUT2D eigenvalue weighted by atomic mass is 9.99. The van der Waals surface area contributed by atoms with Crippen LogP contribution >= 0.6 is 0 Å². The lowest BCUT2D eigenvalue weighted by Gasteiger charge is -2.21. The molecule has 102 valence electrons. The average molecular weight is 258 g/mol. The predicted molar refractivity (Wildman–Crippen MR) is 79.0 cm³/mol. The van der Waals surface area contributed by atoms with Crippen LogP contribution in [0.5, 0.6) is 5.75 Å². The van der Waals surface area contributed by atoms with Gasteiger partial charge in [0, 0.05) is 23.1 Å². The van der Waals surface area contributed by atoms with Crippen LogP contribution < -0.4 is 4.74 Å². The van der Waals surface area contributed by atoms with Crippen molar-refractivity contribution in [1.29, 1.82) is 0 Å². The van der Waals surface area contributed by atoms with Crippen molar-refractivity contribution in [3.8, 4) is 5.75 Å². The fraction of sp³-hybridized carbons (Fsp3) is 0.500. The smallest absolute Gasteiger partial charge is 0.132 e. The van der Waals surface area contributed by atoms with E-state index in [1.54, 1.807) is 0 Å². The third-order valence-electron chi connectivity index (χ3n) is 4.20. The Balaban J connectivity index is 2.05. The second-order valence-electron chi connectivity index (χ2n) is 5.76. The summed E-state index contributed by atoms with van der Waals surface area (Å²) in [4.78, 5) is 5.64. The fourth-order valence-electron chi connectivity index (χ4n) is 2.76. The molecule has 0 saturated heterocycles. The van der Waals surface area contributed by atoms with Gasteiger partial charge >= 0.3 is 0 Å². The molecule has 3 nitrogen and oxygen atoms in total. The van der Waals surface area contributed by atoms with E-state index in [-0.39, 0.29) is 0 Å². The Morgan fingerprint density at radius 2 is 2.21 bits per heavy atom. The van der Waals surface area contributed by atoms with Crippen LogP contribution in [-0.2, 0) is 12.8 Å². The van der Waals surface area contributed by atoms with Crippen molar-refractivity contribution in [1.82, 2.24) is 9.88 Å². The molecule has 1 aromatic carbocycles. The van der Waals surface area contributed by atoms with Crippen LogP contribution in [0.15, 0.2) is 18.3 Å². The monoisotopic (exact) mass is 258 g/mol. The molecule has 0 fully saturated rings. The number of likely N-dealkylation sites (N-methyl/N-ethyl adjacent to an activating group) is 1. The Bertz CT molecular complexity index is 586. The van der Waals surface area contributed by atoms with E-state index in [4.69, 9.17) is 4.74 Å². The van der Waals surface area contributed by atoms with Gasteiger partial charge < -0.3 is 14.6 Å². The largest absolute Gasteiger partial charge is 0.493 e. The summed E-state index contributed by atoms with van der Waals surface area (Å²) in [5.41, 5.74) is 3.92. The minimum atomic E-state index is 0.526. The van der Waals surface area contributed by atoms with Crippen LogP contribution in [0.25, 0.3) is 10.9 Å². The zero-order chi connectivity index (χ0) is 13.4. The fourth-order valence-corrected chi connectivity index (χ4v) is 2.76. The first-order chi connectivity index (χ1) is 9.16. The van der Waals surface area contributed by atoms with E-state index in [9.17, 15) is 0 Å². The molecule has 2 heterocycles. The molecule has 1 N–H and O–H groups in total. The zero-order valence-electron chi connectivity index (χ0n) is 12.0. The van der Waals surface area contributed by atoms with Crippen LogP contribution in [0.1, 0.15) is 24.5 Å². The van der Waals surface area contributed by atoms with E-state index in [2.05, 4.69) is 49.2 Å². The number of aromatic nitrogens is 1. The number of H-pyrrole nitrogens is 1. The molecule has 0 radical (unpaired) electrons. The molecule has 1 aromatic heterocycles. The summed E-state index contributed by atoms with van der Waals surface area (Å²) < 4.78 is 5.94. The molecular formula is C16H22N2O. The van der Waals surface area contributed by atoms with Gasteiger partial charge in [0.1, 0.15) is 5.75 Å². The molecule has 1 unspecified atom stereocenters. The van der Waals surface area contributed by atoms with Gasteiger partial charge in [-0.15, -0.1) is 0 Å². The molecule has 3 rings (SSSR count). The van der Waals surface area contributed by atoms with E-state index in [1.165, 1.54) is 22.0 Å². The summed E-state index contributed by atoms with van der Waals surface area (Å²) in [6.45, 7) is 3.11. The Morgan fingerprint density at radius 3 is 3.00 bits per heavy atom. The van der Waals surface area contributed by atoms with Gasteiger partial charge in [-0.3, -0.25) is 0 Å². The van der Waals surface area contributed by atoms with E-state index in [0.717, 1.165) is 31.6 Å². The summed E-state index contributed by atoms with van der Waals surface area (Å²) >= 11 is 0. The van der Waals surface area contributed by atoms with Gasteiger partial charge in [-0.05, 0) is 57.5 Å². The van der Waals surface area contributed by atoms with E-state index in [1.807, 2.05) is 0 Å². The number of benzene rings is 1. The van der Waals surface area contributed by atoms with Crippen LogP contribution in [0, 0.1) is 0 Å². The topological polar surface area (TPSA) is 28.3 Å². The highest BCUT2D eigenvalue weighted by Gasteiger charge is 2.18. The average Bonchev–Trinajstić information content (AvgIpc) is 2.82. The molecule has 0 amide bonds. The van der Waals surface area contributed by atoms with Gasteiger partial charge in [-0.1, -0.05) is 6.07 Å². The van der Waals surface area contributed by atoms with Crippen LogP contribution in [-0.4, -0.2) is 36.6 Å². The maximum Gasteiger partial charge on any atom is 0.132 e. The first kappa shape index (κ1) is 12.5. The summed E-state index contributed by atoms with van der Waals surface area (Å²) in [6.07, 6.45) is 5.46. The molecular weight excluding hydrogens is 236 g/mol. The van der Waals surface area contributed by atoms with Crippen molar-refractivity contribution >= 4 is 10.9 Å². The number of nitrogens with one attached hydrogen (secondary N) is 1. The normalized spacial score (nSPS) is 16.4. The standard InChI is InChI=1S/C16H22N2O/c1-11(18(2)3)9-13-10-17-14-7-6-12-5-4-8-19-16(12)15(13)14/h6-7,10-11,17H,4-5,8-9H2,1-3H3. The third kappa shape index (κ3) is 2.23. The molecule has 1 atom stereocenters. The molecule has 3 heteroatoms. The number of rotatable bonds is 3. The first-order valence-electron chi connectivity index (χ1n) is 7.08. The molecule has 0 aliphatic carbocycles. The number of hydrogen-bond acceptors (Lipinski definition) is 2. The van der Waals surface area contributed by atoms with Crippen molar-refractivity contribution in [3.05, 3.63) is 29.5 Å². The number of ether oxygens (including phenoxy) is 1. The predicted octanol–water partition coefficient (Wildman–Crippen LogP) is 2.99. The van der Waals surface area contributed by atoms with Gasteiger partial charge in [0.2, 0.25) is 0 Å². The van der Waals surface area contributed by atoms with Crippen LogP contribution in [0.2, 0.25) is 0 Å². The van der Waals surface area contributed by atoms with Crippen molar-refractivity contribution in [2.45, 2.75) is 32.2 Å². The lowest BCUT2D eigenvalue weighted by molar-refractivity contribution is 0.291. The summed E-state index contributed by atoms with van der Waals surface area (Å²) in [5.74, 6) is 1.12. The van der Waals surface area contributed by atoms with Crippen LogP contribution in [0.4, 0.5) is 0 Å². The van der Waals surface area contributed by atoms with Crippen molar-refractivity contribution in [2.24, 2.45) is 0 Å². The molecule has 1 aliphatic rings. The summed E-state index contributed by atoms with van der Waals surface area (Å²) in [5, 5.41) is 1.30. The summed E-state index contributed by atoms with van der Waals surface area (Å²) in [7, 11) is 4.26. The van der Waals surface area contributed by atoms with Crippen molar-refractivity contribution < 1.29 is 4.74 Å². The highest BCUT2D eigenvalue weighted by atomic mass is 16.5. The summed E-state index contributed by atoms with van der Waals surface area (Å²) in [6, 6.07) is 4.91. The number of aryl methyl sites for hydroxylation is 1. The maximum absolute atomic E-state index is 5.94. The number of fused-ring (bicyclic) bond motifs is 3. The van der Waals surface area contributed by atoms with Gasteiger partial charge in [-0.25, -0.2) is 0 Å². The van der Waals surface area contributed by atoms with E-state index >= 15 is 0 Å². The molecule has 2 aromatic rings. The van der Waals surface area contributed by atoms with Gasteiger partial charge in [0.25, 0.3) is 0 Å². The molecule has 1 aliphatic heterocycles. The molecule has 19 heavy (non-hydrogen) atoms. The number of hydrogen-bond donors (Lipinski definition) is 1. The zero-order valence-corrected chi connectivity index (χ0v) is 12.0. The van der Waals surface area contributed by atoms with Gasteiger partial charge in [0.05, 0.1) is 6.61 Å².